The monoisotopic (exact) mass is 434 g/mol. The number of para-hydroxylation sites is 1. The Kier molecular flexibility index (Phi) is 6.93. The van der Waals surface area contributed by atoms with Gasteiger partial charge in [-0.05, 0) is 43.5 Å². The predicted molar refractivity (Wildman–Crippen MR) is 130 cm³/mol. The Morgan fingerprint density at radius 2 is 2.06 bits per heavy atom. The van der Waals surface area contributed by atoms with Gasteiger partial charge in [-0.15, -0.1) is 0 Å². The number of guanidine groups is 1. The number of rotatable bonds is 7. The highest BCUT2D eigenvalue weighted by atomic mass is 16.2. The summed E-state index contributed by atoms with van der Waals surface area (Å²) in [5.41, 5.74) is 3.50. The molecule has 1 aromatic heterocycles. The first kappa shape index (κ1) is 22.1. The summed E-state index contributed by atoms with van der Waals surface area (Å²) in [6.07, 6.45) is 2.67. The standard InChI is InChI=1S/C25H34N6O/c1-4-26-25(27-17-20-9-7-12-23(28-20)29(2)3)31-18-19(21-10-5-6-11-22(21)31)14-16-30-15-8-13-24(30)32/h5-7,9-12,19H,4,8,13-18H2,1-3H3,(H,26,27). The molecule has 1 N–H and O–H groups in total. The van der Waals surface area contributed by atoms with Crippen LogP contribution >= 0.6 is 0 Å². The number of carbonyl (C=O) groups excluding carboxylic acids is 1. The highest BCUT2D eigenvalue weighted by molar-refractivity contribution is 5.98. The first-order chi connectivity index (χ1) is 15.6. The van der Waals surface area contributed by atoms with Crippen LogP contribution in [-0.4, -0.2) is 62.0 Å². The second kappa shape index (κ2) is 10.0. The van der Waals surface area contributed by atoms with Crippen LogP contribution in [0.5, 0.6) is 0 Å². The molecule has 0 radical (unpaired) electrons. The van der Waals surface area contributed by atoms with Gasteiger partial charge in [0.15, 0.2) is 5.96 Å². The number of aromatic nitrogens is 1. The maximum absolute atomic E-state index is 12.0. The zero-order valence-electron chi connectivity index (χ0n) is 19.4. The van der Waals surface area contributed by atoms with Crippen LogP contribution in [0.25, 0.3) is 0 Å². The molecule has 0 aliphatic carbocycles. The second-order valence-corrected chi connectivity index (χ2v) is 8.69. The number of anilines is 2. The number of fused-ring (bicyclic) bond motifs is 1. The molecule has 0 saturated carbocycles. The van der Waals surface area contributed by atoms with Gasteiger partial charge in [-0.1, -0.05) is 24.3 Å². The molecule has 1 aromatic carbocycles. The molecule has 0 spiro atoms. The number of aliphatic imine (C=N–C) groups is 1. The lowest BCUT2D eigenvalue weighted by Gasteiger charge is -2.23. The molecule has 1 amide bonds. The highest BCUT2D eigenvalue weighted by Crippen LogP contribution is 2.38. The van der Waals surface area contributed by atoms with E-state index in [1.165, 1.54) is 11.3 Å². The van der Waals surface area contributed by atoms with Gasteiger partial charge >= 0.3 is 0 Å². The van der Waals surface area contributed by atoms with Crippen LogP contribution in [0.3, 0.4) is 0 Å². The third-order valence-corrected chi connectivity index (χ3v) is 6.22. The number of hydrogen-bond donors (Lipinski definition) is 1. The maximum atomic E-state index is 12.0. The van der Waals surface area contributed by atoms with Crippen molar-refractivity contribution < 1.29 is 4.79 Å². The third kappa shape index (κ3) is 4.87. The zero-order chi connectivity index (χ0) is 22.5. The largest absolute Gasteiger partial charge is 0.363 e. The minimum Gasteiger partial charge on any atom is -0.363 e. The van der Waals surface area contributed by atoms with Crippen molar-refractivity contribution in [3.05, 3.63) is 53.7 Å². The number of amides is 1. The van der Waals surface area contributed by atoms with E-state index in [1.807, 2.05) is 42.1 Å². The fourth-order valence-electron chi connectivity index (χ4n) is 4.55. The normalized spacial score (nSPS) is 18.3. The Morgan fingerprint density at radius 3 is 2.81 bits per heavy atom. The van der Waals surface area contributed by atoms with Crippen LogP contribution in [-0.2, 0) is 11.3 Å². The van der Waals surface area contributed by atoms with Crippen molar-refractivity contribution in [3.8, 4) is 0 Å². The van der Waals surface area contributed by atoms with E-state index in [2.05, 4.69) is 41.4 Å². The Morgan fingerprint density at radius 1 is 1.22 bits per heavy atom. The molecule has 2 aliphatic heterocycles. The van der Waals surface area contributed by atoms with Crippen LogP contribution < -0.4 is 15.1 Å². The van der Waals surface area contributed by atoms with Gasteiger partial charge in [0, 0.05) is 58.3 Å². The molecule has 1 fully saturated rings. The van der Waals surface area contributed by atoms with E-state index in [-0.39, 0.29) is 0 Å². The van der Waals surface area contributed by atoms with Gasteiger partial charge in [0.05, 0.1) is 12.2 Å². The zero-order valence-corrected chi connectivity index (χ0v) is 19.4. The minimum absolute atomic E-state index is 0.301. The molecule has 1 atom stereocenters. The van der Waals surface area contributed by atoms with Crippen molar-refractivity contribution >= 4 is 23.4 Å². The summed E-state index contributed by atoms with van der Waals surface area (Å²) in [4.78, 5) is 28.0. The van der Waals surface area contributed by atoms with Gasteiger partial charge in [0.25, 0.3) is 0 Å². The number of nitrogens with zero attached hydrogens (tertiary/aromatic N) is 5. The fourth-order valence-corrected chi connectivity index (χ4v) is 4.55. The molecular weight excluding hydrogens is 400 g/mol. The number of nitrogens with one attached hydrogen (secondary N) is 1. The predicted octanol–water partition coefficient (Wildman–Crippen LogP) is 3.23. The molecule has 170 valence electrons. The van der Waals surface area contributed by atoms with E-state index >= 15 is 0 Å². The smallest absolute Gasteiger partial charge is 0.222 e. The van der Waals surface area contributed by atoms with Crippen LogP contribution in [0.15, 0.2) is 47.5 Å². The first-order valence-corrected chi connectivity index (χ1v) is 11.6. The molecule has 32 heavy (non-hydrogen) atoms. The number of hydrogen-bond acceptors (Lipinski definition) is 4. The molecular formula is C25H34N6O. The van der Waals surface area contributed by atoms with Gasteiger partial charge < -0.3 is 20.0 Å². The lowest BCUT2D eigenvalue weighted by Crippen LogP contribution is -2.41. The van der Waals surface area contributed by atoms with Crippen molar-refractivity contribution in [3.63, 3.8) is 0 Å². The van der Waals surface area contributed by atoms with E-state index in [0.717, 1.165) is 56.5 Å². The Hall–Kier alpha value is -3.09. The topological polar surface area (TPSA) is 64.1 Å². The van der Waals surface area contributed by atoms with E-state index in [4.69, 9.17) is 9.98 Å². The molecule has 4 rings (SSSR count). The highest BCUT2D eigenvalue weighted by Gasteiger charge is 2.32. The molecule has 0 bridgehead atoms. The fraction of sp³-hybridized carbons (Fsp3) is 0.480. The van der Waals surface area contributed by atoms with Gasteiger partial charge in [-0.2, -0.15) is 0 Å². The summed E-state index contributed by atoms with van der Waals surface area (Å²) in [5.74, 6) is 2.51. The average molecular weight is 435 g/mol. The van der Waals surface area contributed by atoms with E-state index in [0.29, 0.717) is 24.8 Å². The van der Waals surface area contributed by atoms with Crippen LogP contribution in [0.1, 0.15) is 43.4 Å². The summed E-state index contributed by atoms with van der Waals surface area (Å²) in [6.45, 7) is 6.03. The quantitative estimate of drug-likeness (QED) is 0.535. The summed E-state index contributed by atoms with van der Waals surface area (Å²) in [7, 11) is 3.99. The summed E-state index contributed by atoms with van der Waals surface area (Å²) in [6, 6.07) is 14.6. The molecule has 2 aromatic rings. The third-order valence-electron chi connectivity index (χ3n) is 6.22. The summed E-state index contributed by atoms with van der Waals surface area (Å²) >= 11 is 0. The SMILES string of the molecule is CCNC(=NCc1cccc(N(C)C)n1)N1CC(CCN2CCCC2=O)c2ccccc21. The first-order valence-electron chi connectivity index (χ1n) is 11.6. The second-order valence-electron chi connectivity index (χ2n) is 8.69. The van der Waals surface area contributed by atoms with Crippen molar-refractivity contribution in [2.24, 2.45) is 4.99 Å². The maximum Gasteiger partial charge on any atom is 0.222 e. The van der Waals surface area contributed by atoms with Crippen LogP contribution in [0, 0.1) is 0 Å². The van der Waals surface area contributed by atoms with Crippen molar-refractivity contribution in [1.82, 2.24) is 15.2 Å². The molecule has 3 heterocycles. The Balaban J connectivity index is 1.52. The Bertz CT molecular complexity index is 972. The lowest BCUT2D eigenvalue weighted by atomic mass is 9.98. The van der Waals surface area contributed by atoms with Crippen LogP contribution in [0.2, 0.25) is 0 Å². The number of pyridine rings is 1. The number of likely N-dealkylation sites (tertiary alicyclic amines) is 1. The van der Waals surface area contributed by atoms with E-state index < -0.39 is 0 Å². The Labute approximate surface area is 191 Å². The number of carbonyl (C=O) groups is 1. The van der Waals surface area contributed by atoms with E-state index in [1.54, 1.807) is 0 Å². The minimum atomic E-state index is 0.301. The molecule has 7 nitrogen and oxygen atoms in total. The van der Waals surface area contributed by atoms with Gasteiger partial charge in [-0.25, -0.2) is 9.98 Å². The van der Waals surface area contributed by atoms with Crippen molar-refractivity contribution in [2.75, 3.05) is 50.1 Å². The van der Waals surface area contributed by atoms with E-state index in [9.17, 15) is 4.79 Å². The summed E-state index contributed by atoms with van der Waals surface area (Å²) < 4.78 is 0. The average Bonchev–Trinajstić information content (AvgIpc) is 3.38. The van der Waals surface area contributed by atoms with Gasteiger partial charge in [0.2, 0.25) is 5.91 Å². The van der Waals surface area contributed by atoms with Gasteiger partial charge in [-0.3, -0.25) is 4.79 Å². The molecule has 1 saturated heterocycles. The lowest BCUT2D eigenvalue weighted by molar-refractivity contribution is -0.127. The summed E-state index contributed by atoms with van der Waals surface area (Å²) in [5, 5.41) is 3.47. The van der Waals surface area contributed by atoms with Crippen molar-refractivity contribution in [2.45, 2.75) is 38.6 Å². The number of benzene rings is 1. The van der Waals surface area contributed by atoms with Gasteiger partial charge in [0.1, 0.15) is 5.82 Å². The molecule has 7 heteroatoms. The van der Waals surface area contributed by atoms with Crippen LogP contribution in [0.4, 0.5) is 11.5 Å². The molecule has 1 unspecified atom stereocenters. The molecule has 2 aliphatic rings. The van der Waals surface area contributed by atoms with Crippen molar-refractivity contribution in [1.29, 1.82) is 0 Å².